The zero-order valence-corrected chi connectivity index (χ0v) is 19.1. The van der Waals surface area contributed by atoms with Crippen LogP contribution in [-0.2, 0) is 44.3 Å². The van der Waals surface area contributed by atoms with Crippen LogP contribution in [0.1, 0.15) is 53.4 Å². The summed E-state index contributed by atoms with van der Waals surface area (Å²) >= 11 is 5.55. The molecule has 7 nitrogen and oxygen atoms in total. The van der Waals surface area contributed by atoms with Crippen molar-refractivity contribution >= 4 is 18.5 Å². The van der Waals surface area contributed by atoms with Crippen LogP contribution in [0.3, 0.4) is 0 Å². The van der Waals surface area contributed by atoms with Crippen LogP contribution in [0.2, 0.25) is 0 Å². The van der Waals surface area contributed by atoms with Crippen LogP contribution < -0.4 is 0 Å². The molecule has 4 aliphatic rings. The average molecular weight is 437 g/mol. The summed E-state index contributed by atoms with van der Waals surface area (Å²) in [7, 11) is 0. The zero-order valence-electron chi connectivity index (χ0n) is 17.4. The van der Waals surface area contributed by atoms with Crippen LogP contribution in [0.25, 0.3) is 0 Å². The first-order chi connectivity index (χ1) is 13.1. The van der Waals surface area contributed by atoms with E-state index in [1.165, 1.54) is 0 Å². The van der Waals surface area contributed by atoms with Crippen molar-refractivity contribution in [3.63, 3.8) is 0 Å². The van der Waals surface area contributed by atoms with E-state index in [1.807, 2.05) is 27.7 Å². The molecule has 1 aliphatic carbocycles. The van der Waals surface area contributed by atoms with Gasteiger partial charge in [-0.25, -0.2) is 0 Å². The molecule has 3 aliphatic heterocycles. The van der Waals surface area contributed by atoms with Crippen LogP contribution in [0, 0.1) is 10.8 Å². The highest BCUT2D eigenvalue weighted by Crippen LogP contribution is 2.58. The Morgan fingerprint density at radius 2 is 1.54 bits per heavy atom. The molecule has 0 radical (unpaired) electrons. The molecular formula is C19H33O7PS. The number of hydrogen-bond acceptors (Lipinski definition) is 8. The molecule has 9 heteroatoms. The quantitative estimate of drug-likeness (QED) is 0.620. The summed E-state index contributed by atoms with van der Waals surface area (Å²) in [6.45, 7) is 8.47. The van der Waals surface area contributed by atoms with Gasteiger partial charge in [-0.15, -0.1) is 0 Å². The van der Waals surface area contributed by atoms with E-state index in [9.17, 15) is 0 Å². The minimum atomic E-state index is -2.69. The van der Waals surface area contributed by atoms with Crippen LogP contribution in [0.15, 0.2) is 0 Å². The van der Waals surface area contributed by atoms with Gasteiger partial charge in [-0.3, -0.25) is 0 Å². The third kappa shape index (κ3) is 4.23. The predicted octanol–water partition coefficient (Wildman–Crippen LogP) is 3.76. The highest BCUT2D eigenvalue weighted by Gasteiger charge is 2.61. The fourth-order valence-electron chi connectivity index (χ4n) is 4.67. The second-order valence-electron chi connectivity index (χ2n) is 9.48. The van der Waals surface area contributed by atoms with Crippen LogP contribution in [0.5, 0.6) is 0 Å². The number of hydrogen-bond donors (Lipinski definition) is 0. The van der Waals surface area contributed by atoms with E-state index in [1.54, 1.807) is 0 Å². The van der Waals surface area contributed by atoms with E-state index in [4.69, 9.17) is 44.3 Å². The summed E-state index contributed by atoms with van der Waals surface area (Å²) < 4.78 is 42.4. The average Bonchev–Trinajstić information content (AvgIpc) is 2.64. The third-order valence-electron chi connectivity index (χ3n) is 6.28. The first-order valence-electron chi connectivity index (χ1n) is 10.2. The van der Waals surface area contributed by atoms with Gasteiger partial charge in [-0.05, 0) is 58.8 Å². The van der Waals surface area contributed by atoms with E-state index in [-0.39, 0.29) is 16.9 Å². The SMILES string of the molecule is CC1(C)OCC2(CCCC3(COP4(=S)OCCCO4)COC(C)(C)OC23)CO1. The molecule has 4 rings (SSSR count). The Hall–Kier alpha value is 0.370. The Kier molecular flexibility index (Phi) is 5.79. The number of fused-ring (bicyclic) bond motifs is 2. The summed E-state index contributed by atoms with van der Waals surface area (Å²) in [5.41, 5.74) is -0.544. The molecular weight excluding hydrogens is 403 g/mol. The molecule has 4 fully saturated rings. The standard InChI is InChI=1S/C19H33O7PS/c1-16(2)20-11-18(12-21-16)7-5-8-19(13-22-17(3,4)26-15(18)19)14-25-27(28)23-9-6-10-24-27/h15H,5-14H2,1-4H3. The molecule has 1 spiro atoms. The van der Waals surface area contributed by atoms with Crippen molar-refractivity contribution in [2.45, 2.75) is 71.1 Å². The molecule has 0 bridgehead atoms. The smallest absolute Gasteiger partial charge is 0.327 e. The molecule has 28 heavy (non-hydrogen) atoms. The van der Waals surface area contributed by atoms with Gasteiger partial charge in [-0.2, -0.15) is 0 Å². The van der Waals surface area contributed by atoms with Gasteiger partial charge in [0.05, 0.1) is 45.7 Å². The van der Waals surface area contributed by atoms with E-state index >= 15 is 0 Å². The Morgan fingerprint density at radius 1 is 0.893 bits per heavy atom. The first kappa shape index (κ1) is 21.6. The molecule has 2 unspecified atom stereocenters. The van der Waals surface area contributed by atoms with Crippen molar-refractivity contribution in [1.29, 1.82) is 0 Å². The molecule has 3 heterocycles. The summed E-state index contributed by atoms with van der Waals surface area (Å²) in [5.74, 6) is -1.23. The largest absolute Gasteiger partial charge is 0.350 e. The molecule has 0 amide bonds. The molecule has 0 aromatic heterocycles. The molecule has 0 aromatic carbocycles. The van der Waals surface area contributed by atoms with E-state index in [0.717, 1.165) is 25.7 Å². The lowest BCUT2D eigenvalue weighted by Gasteiger charge is -2.60. The molecule has 162 valence electrons. The maximum atomic E-state index is 6.55. The van der Waals surface area contributed by atoms with Gasteiger partial charge in [-0.1, -0.05) is 6.42 Å². The summed E-state index contributed by atoms with van der Waals surface area (Å²) in [6.07, 6.45) is 3.70. The predicted molar refractivity (Wildman–Crippen MR) is 106 cm³/mol. The minimum Gasteiger partial charge on any atom is -0.350 e. The topological polar surface area (TPSA) is 64.6 Å². The maximum absolute atomic E-state index is 6.55. The minimum absolute atomic E-state index is 0.111. The molecule has 0 aromatic rings. The number of rotatable bonds is 3. The first-order valence-corrected chi connectivity index (χ1v) is 12.8. The second-order valence-corrected chi connectivity index (χ2v) is 12.5. The monoisotopic (exact) mass is 436 g/mol. The fraction of sp³-hybridized carbons (Fsp3) is 1.00. The van der Waals surface area contributed by atoms with Gasteiger partial charge < -0.3 is 32.5 Å². The van der Waals surface area contributed by atoms with Gasteiger partial charge >= 0.3 is 6.72 Å². The van der Waals surface area contributed by atoms with Gasteiger partial charge in [0.25, 0.3) is 0 Å². The van der Waals surface area contributed by atoms with Gasteiger partial charge in [0.15, 0.2) is 11.6 Å². The van der Waals surface area contributed by atoms with Gasteiger partial charge in [0.2, 0.25) is 0 Å². The summed E-state index contributed by atoms with van der Waals surface area (Å²) in [4.78, 5) is 0. The van der Waals surface area contributed by atoms with Gasteiger partial charge in [0, 0.05) is 10.8 Å². The van der Waals surface area contributed by atoms with E-state index in [0.29, 0.717) is 39.6 Å². The third-order valence-corrected chi connectivity index (χ3v) is 8.67. The van der Waals surface area contributed by atoms with Crippen LogP contribution >= 0.6 is 6.72 Å². The fourth-order valence-corrected chi connectivity index (χ4v) is 6.62. The summed E-state index contributed by atoms with van der Waals surface area (Å²) in [5, 5.41) is 0. The molecule has 3 saturated heterocycles. The van der Waals surface area contributed by atoms with Crippen molar-refractivity contribution in [1.82, 2.24) is 0 Å². The zero-order chi connectivity index (χ0) is 20.1. The van der Waals surface area contributed by atoms with Crippen molar-refractivity contribution in [3.8, 4) is 0 Å². The van der Waals surface area contributed by atoms with E-state index in [2.05, 4.69) is 0 Å². The van der Waals surface area contributed by atoms with Crippen LogP contribution in [0.4, 0.5) is 0 Å². The van der Waals surface area contributed by atoms with Crippen LogP contribution in [-0.4, -0.2) is 57.3 Å². The molecule has 2 atom stereocenters. The molecule has 0 N–H and O–H groups in total. The Bertz CT molecular complexity index is 620. The Labute approximate surface area is 172 Å². The Balaban J connectivity index is 1.58. The lowest BCUT2D eigenvalue weighted by molar-refractivity contribution is -0.385. The molecule has 1 saturated carbocycles. The van der Waals surface area contributed by atoms with Crippen molar-refractivity contribution in [3.05, 3.63) is 0 Å². The lowest BCUT2D eigenvalue weighted by atomic mass is 9.59. The normalized spacial score (nSPS) is 38.6. The second kappa shape index (κ2) is 7.50. The number of ether oxygens (including phenoxy) is 4. The summed E-state index contributed by atoms with van der Waals surface area (Å²) in [6, 6.07) is 0. The lowest BCUT2D eigenvalue weighted by Crippen LogP contribution is -2.67. The Morgan fingerprint density at radius 3 is 2.21 bits per heavy atom. The van der Waals surface area contributed by atoms with Crippen molar-refractivity contribution in [2.75, 3.05) is 39.6 Å². The van der Waals surface area contributed by atoms with Gasteiger partial charge in [0.1, 0.15) is 0 Å². The van der Waals surface area contributed by atoms with Crippen molar-refractivity contribution < 1.29 is 32.5 Å². The van der Waals surface area contributed by atoms with E-state index < -0.39 is 18.3 Å². The highest BCUT2D eigenvalue weighted by molar-refractivity contribution is 8.07. The van der Waals surface area contributed by atoms with Crippen molar-refractivity contribution in [2.24, 2.45) is 10.8 Å². The maximum Gasteiger partial charge on any atom is 0.327 e. The highest BCUT2D eigenvalue weighted by atomic mass is 32.5.